The van der Waals surface area contributed by atoms with Crippen molar-refractivity contribution >= 4 is 11.0 Å². The Balaban J connectivity index is 2.48. The molecule has 6 nitrogen and oxygen atoms in total. The first-order valence-electron chi connectivity index (χ1n) is 6.86. The summed E-state index contributed by atoms with van der Waals surface area (Å²) in [5, 5.41) is 0.635. The molecular weight excluding hydrogens is 298 g/mol. The molecule has 2 heterocycles. The zero-order valence-electron chi connectivity index (χ0n) is 13.0. The Bertz CT molecular complexity index is 902. The lowest BCUT2D eigenvalue weighted by Crippen LogP contribution is -2.02. The summed E-state index contributed by atoms with van der Waals surface area (Å²) in [6.45, 7) is 0. The summed E-state index contributed by atoms with van der Waals surface area (Å²) >= 11 is 0. The third kappa shape index (κ3) is 2.48. The van der Waals surface area contributed by atoms with Crippen molar-refractivity contribution in [1.82, 2.24) is 4.98 Å². The minimum atomic E-state index is -0.460. The van der Waals surface area contributed by atoms with Crippen LogP contribution >= 0.6 is 0 Å². The molecule has 23 heavy (non-hydrogen) atoms. The second-order valence-electron chi connectivity index (χ2n) is 4.73. The number of methoxy groups -OCH3 is 3. The number of fused-ring (bicyclic) bond motifs is 1. The molecule has 0 saturated carbocycles. The monoisotopic (exact) mass is 313 g/mol. The lowest BCUT2D eigenvalue weighted by Gasteiger charge is -2.16. The molecule has 3 aromatic rings. The summed E-state index contributed by atoms with van der Waals surface area (Å²) in [7, 11) is 4.56. The van der Waals surface area contributed by atoms with Crippen LogP contribution in [-0.4, -0.2) is 26.3 Å². The van der Waals surface area contributed by atoms with Gasteiger partial charge in [-0.25, -0.2) is 4.79 Å². The van der Waals surface area contributed by atoms with Crippen LogP contribution in [0.4, 0.5) is 0 Å². The third-order valence-corrected chi connectivity index (χ3v) is 3.53. The highest BCUT2D eigenvalue weighted by Crippen LogP contribution is 2.46. The molecule has 0 aliphatic heterocycles. The van der Waals surface area contributed by atoms with Crippen LogP contribution in [0.1, 0.15) is 0 Å². The van der Waals surface area contributed by atoms with Crippen LogP contribution in [0.15, 0.2) is 45.9 Å². The van der Waals surface area contributed by atoms with Crippen molar-refractivity contribution in [3.8, 4) is 28.4 Å². The Morgan fingerprint density at radius 3 is 2.26 bits per heavy atom. The highest BCUT2D eigenvalue weighted by molar-refractivity contribution is 6.00. The van der Waals surface area contributed by atoms with E-state index in [2.05, 4.69) is 4.98 Å². The molecule has 0 N–H and O–H groups in total. The van der Waals surface area contributed by atoms with Crippen molar-refractivity contribution in [3.05, 3.63) is 47.1 Å². The van der Waals surface area contributed by atoms with Gasteiger partial charge in [-0.05, 0) is 17.7 Å². The maximum absolute atomic E-state index is 11.9. The van der Waals surface area contributed by atoms with Gasteiger partial charge in [0.25, 0.3) is 0 Å². The molecule has 0 amide bonds. The smallest absolute Gasteiger partial charge is 0.336 e. The van der Waals surface area contributed by atoms with Crippen LogP contribution < -0.4 is 19.8 Å². The van der Waals surface area contributed by atoms with Gasteiger partial charge in [0, 0.05) is 30.1 Å². The molecule has 0 atom stereocenters. The first-order chi connectivity index (χ1) is 11.2. The predicted octanol–water partition coefficient (Wildman–Crippen LogP) is 2.88. The van der Waals surface area contributed by atoms with Gasteiger partial charge in [-0.3, -0.25) is 4.98 Å². The Labute approximate surface area is 132 Å². The minimum absolute atomic E-state index is 0.360. The molecule has 0 spiro atoms. The van der Waals surface area contributed by atoms with E-state index in [4.69, 9.17) is 18.6 Å². The first-order valence-corrected chi connectivity index (χ1v) is 6.86. The average Bonchev–Trinajstić information content (AvgIpc) is 2.59. The Morgan fingerprint density at radius 2 is 1.65 bits per heavy atom. The van der Waals surface area contributed by atoms with Crippen molar-refractivity contribution in [3.63, 3.8) is 0 Å². The molecule has 0 unspecified atom stereocenters. The van der Waals surface area contributed by atoms with Crippen molar-refractivity contribution in [2.75, 3.05) is 21.3 Å². The number of ether oxygens (including phenoxy) is 3. The molecule has 0 radical (unpaired) electrons. The summed E-state index contributed by atoms with van der Waals surface area (Å²) in [6.07, 6.45) is 3.31. The maximum Gasteiger partial charge on any atom is 0.336 e. The summed E-state index contributed by atoms with van der Waals surface area (Å²) in [5.74, 6) is 1.30. The van der Waals surface area contributed by atoms with Crippen LogP contribution in [-0.2, 0) is 0 Å². The fourth-order valence-corrected chi connectivity index (χ4v) is 2.56. The molecule has 0 aliphatic carbocycles. The van der Waals surface area contributed by atoms with Crippen LogP contribution in [0.3, 0.4) is 0 Å². The summed E-state index contributed by atoms with van der Waals surface area (Å²) in [4.78, 5) is 15.9. The van der Waals surface area contributed by atoms with Crippen molar-refractivity contribution < 1.29 is 18.6 Å². The van der Waals surface area contributed by atoms with E-state index in [0.717, 1.165) is 5.56 Å². The molecule has 2 aromatic heterocycles. The number of rotatable bonds is 4. The largest absolute Gasteiger partial charge is 0.493 e. The molecule has 0 bridgehead atoms. The van der Waals surface area contributed by atoms with Gasteiger partial charge in [-0.2, -0.15) is 0 Å². The van der Waals surface area contributed by atoms with Gasteiger partial charge in [-0.15, -0.1) is 0 Å². The second kappa shape index (κ2) is 6.00. The average molecular weight is 313 g/mol. The maximum atomic E-state index is 11.9. The predicted molar refractivity (Wildman–Crippen MR) is 85.4 cm³/mol. The van der Waals surface area contributed by atoms with Crippen LogP contribution in [0, 0.1) is 0 Å². The lowest BCUT2D eigenvalue weighted by molar-refractivity contribution is 0.326. The Kier molecular flexibility index (Phi) is 3.89. The normalized spacial score (nSPS) is 10.6. The number of benzene rings is 1. The second-order valence-corrected chi connectivity index (χ2v) is 4.73. The van der Waals surface area contributed by atoms with E-state index in [1.165, 1.54) is 27.4 Å². The molecule has 3 rings (SSSR count). The van der Waals surface area contributed by atoms with Gasteiger partial charge < -0.3 is 18.6 Å². The highest BCUT2D eigenvalue weighted by Gasteiger charge is 2.21. The van der Waals surface area contributed by atoms with Crippen molar-refractivity contribution in [1.29, 1.82) is 0 Å². The highest BCUT2D eigenvalue weighted by atomic mass is 16.5. The summed E-state index contributed by atoms with van der Waals surface area (Å²) in [6, 6.07) is 6.66. The van der Waals surface area contributed by atoms with Gasteiger partial charge in [0.15, 0.2) is 11.5 Å². The Morgan fingerprint density at radius 1 is 0.957 bits per heavy atom. The zero-order valence-corrected chi connectivity index (χ0v) is 13.0. The quantitative estimate of drug-likeness (QED) is 0.690. The molecule has 0 saturated heterocycles. The van der Waals surface area contributed by atoms with E-state index in [-0.39, 0.29) is 0 Å². The molecule has 118 valence electrons. The summed E-state index contributed by atoms with van der Waals surface area (Å²) < 4.78 is 21.5. The first kappa shape index (κ1) is 14.9. The minimum Gasteiger partial charge on any atom is -0.493 e. The molecule has 0 aliphatic rings. The number of pyridine rings is 1. The van der Waals surface area contributed by atoms with E-state index in [1.807, 2.05) is 12.1 Å². The topological polar surface area (TPSA) is 70.8 Å². The number of hydrogen-bond donors (Lipinski definition) is 0. The SMILES string of the molecule is COc1cc2oc(=O)cc(-c3ccncc3)c2c(OC)c1OC. The van der Waals surface area contributed by atoms with Crippen molar-refractivity contribution in [2.24, 2.45) is 0 Å². The van der Waals surface area contributed by atoms with Gasteiger partial charge in [0.1, 0.15) is 5.58 Å². The van der Waals surface area contributed by atoms with E-state index >= 15 is 0 Å². The van der Waals surface area contributed by atoms with Crippen LogP contribution in [0.2, 0.25) is 0 Å². The lowest BCUT2D eigenvalue weighted by atomic mass is 10.0. The van der Waals surface area contributed by atoms with Gasteiger partial charge >= 0.3 is 5.63 Å². The third-order valence-electron chi connectivity index (χ3n) is 3.53. The van der Waals surface area contributed by atoms with Crippen LogP contribution in [0.5, 0.6) is 17.2 Å². The van der Waals surface area contributed by atoms with Crippen molar-refractivity contribution in [2.45, 2.75) is 0 Å². The fourth-order valence-electron chi connectivity index (χ4n) is 2.56. The molecular formula is C17H15NO5. The van der Waals surface area contributed by atoms with Crippen LogP contribution in [0.25, 0.3) is 22.1 Å². The van der Waals surface area contributed by atoms with E-state index < -0.39 is 5.63 Å². The van der Waals surface area contributed by atoms with Gasteiger partial charge in [-0.1, -0.05) is 0 Å². The molecule has 1 aromatic carbocycles. The van der Waals surface area contributed by atoms with E-state index in [1.54, 1.807) is 18.5 Å². The zero-order chi connectivity index (χ0) is 16.4. The van der Waals surface area contributed by atoms with Gasteiger partial charge in [0.05, 0.1) is 26.7 Å². The summed E-state index contributed by atoms with van der Waals surface area (Å²) in [5.41, 5.74) is 1.40. The van der Waals surface area contributed by atoms with E-state index in [0.29, 0.717) is 33.8 Å². The molecule has 0 fully saturated rings. The number of aromatic nitrogens is 1. The number of nitrogens with zero attached hydrogens (tertiary/aromatic N) is 1. The van der Waals surface area contributed by atoms with E-state index in [9.17, 15) is 4.79 Å². The standard InChI is InChI=1S/C17H15NO5/c1-20-13-9-12-15(17(22-3)16(13)21-2)11(8-14(19)23-12)10-4-6-18-7-5-10/h4-9H,1-3H3. The fraction of sp³-hybridized carbons (Fsp3) is 0.176. The Hall–Kier alpha value is -3.02. The van der Waals surface area contributed by atoms with Gasteiger partial charge in [0.2, 0.25) is 5.75 Å². The number of hydrogen-bond acceptors (Lipinski definition) is 6. The molecule has 6 heteroatoms.